The van der Waals surface area contributed by atoms with Crippen LogP contribution < -0.4 is 0 Å². The van der Waals surface area contributed by atoms with Gasteiger partial charge in [0.25, 0.3) is 0 Å². The maximum Gasteiger partial charge on any atom is 0.131 e. The van der Waals surface area contributed by atoms with E-state index in [1.807, 2.05) is 6.92 Å². The average molecular weight is 271 g/mol. The largest absolute Gasteiger partial charge is 0.383 e. The van der Waals surface area contributed by atoms with Crippen LogP contribution in [0.2, 0.25) is 0 Å². The average Bonchev–Trinajstić information content (AvgIpc) is 2.98. The van der Waals surface area contributed by atoms with Crippen LogP contribution in [0.25, 0.3) is 0 Å². The molecular formula is C12H21N3O2S. The lowest BCUT2D eigenvalue weighted by atomic mass is 10.2. The molecule has 1 atom stereocenters. The van der Waals surface area contributed by atoms with Gasteiger partial charge in [-0.15, -0.1) is 21.5 Å². The second-order valence-corrected chi connectivity index (χ2v) is 5.84. The Kier molecular flexibility index (Phi) is 5.49. The molecule has 0 bridgehead atoms. The van der Waals surface area contributed by atoms with Gasteiger partial charge in [-0.2, -0.15) is 0 Å². The third-order valence-corrected chi connectivity index (χ3v) is 3.85. The molecule has 0 radical (unpaired) electrons. The molecule has 18 heavy (non-hydrogen) atoms. The van der Waals surface area contributed by atoms with Crippen molar-refractivity contribution in [3.05, 3.63) is 10.0 Å². The monoisotopic (exact) mass is 271 g/mol. The zero-order valence-corrected chi connectivity index (χ0v) is 11.9. The quantitative estimate of drug-likeness (QED) is 0.751. The fourth-order valence-corrected chi connectivity index (χ4v) is 2.88. The predicted octanol–water partition coefficient (Wildman–Crippen LogP) is 1.47. The van der Waals surface area contributed by atoms with Crippen LogP contribution in [0.1, 0.15) is 22.9 Å². The SMILES string of the molecule is COCCN(Cc1nnc(C)s1)C[C@H]1CCCO1. The third kappa shape index (κ3) is 4.28. The van der Waals surface area contributed by atoms with Gasteiger partial charge in [0, 0.05) is 26.8 Å². The van der Waals surface area contributed by atoms with E-state index in [0.29, 0.717) is 6.10 Å². The van der Waals surface area contributed by atoms with Crippen molar-refractivity contribution in [2.75, 3.05) is 33.4 Å². The Balaban J connectivity index is 1.86. The van der Waals surface area contributed by atoms with Gasteiger partial charge >= 0.3 is 0 Å². The number of nitrogens with zero attached hydrogens (tertiary/aromatic N) is 3. The van der Waals surface area contributed by atoms with Gasteiger partial charge in [0.05, 0.1) is 19.3 Å². The molecule has 1 fully saturated rings. The molecule has 1 aliphatic heterocycles. The highest BCUT2D eigenvalue weighted by molar-refractivity contribution is 7.11. The summed E-state index contributed by atoms with van der Waals surface area (Å²) in [5, 5.41) is 10.3. The van der Waals surface area contributed by atoms with Crippen LogP contribution in [0, 0.1) is 6.92 Å². The normalized spacial score (nSPS) is 19.8. The first-order valence-electron chi connectivity index (χ1n) is 6.40. The third-order valence-electron chi connectivity index (χ3n) is 3.02. The highest BCUT2D eigenvalue weighted by Gasteiger charge is 2.20. The standard InChI is InChI=1S/C12H21N3O2S/c1-10-13-14-12(18-10)9-15(5-7-16-2)8-11-4-3-6-17-11/h11H,3-9H2,1-2H3/t11-/m1/s1. The Morgan fingerprint density at radius 3 is 3.00 bits per heavy atom. The van der Waals surface area contributed by atoms with Crippen LogP contribution >= 0.6 is 11.3 Å². The van der Waals surface area contributed by atoms with Crippen LogP contribution in [-0.2, 0) is 16.0 Å². The maximum atomic E-state index is 5.69. The zero-order valence-electron chi connectivity index (χ0n) is 11.1. The summed E-state index contributed by atoms with van der Waals surface area (Å²) in [4.78, 5) is 2.35. The second kappa shape index (κ2) is 7.13. The molecule has 2 heterocycles. The molecule has 0 aliphatic carbocycles. The molecule has 0 saturated carbocycles. The lowest BCUT2D eigenvalue weighted by Gasteiger charge is -2.23. The molecular weight excluding hydrogens is 250 g/mol. The zero-order chi connectivity index (χ0) is 12.8. The Morgan fingerprint density at radius 2 is 2.39 bits per heavy atom. The minimum Gasteiger partial charge on any atom is -0.383 e. The smallest absolute Gasteiger partial charge is 0.131 e. The van der Waals surface area contributed by atoms with Crippen LogP contribution in [0.15, 0.2) is 0 Å². The van der Waals surface area contributed by atoms with Crippen molar-refractivity contribution >= 4 is 11.3 Å². The van der Waals surface area contributed by atoms with Gasteiger partial charge in [-0.3, -0.25) is 4.90 Å². The molecule has 1 aromatic heterocycles. The van der Waals surface area contributed by atoms with Crippen molar-refractivity contribution in [3.63, 3.8) is 0 Å². The Labute approximate surface area is 112 Å². The summed E-state index contributed by atoms with van der Waals surface area (Å²) in [5.74, 6) is 0. The fourth-order valence-electron chi connectivity index (χ4n) is 2.12. The molecule has 1 saturated heterocycles. The summed E-state index contributed by atoms with van der Waals surface area (Å²) in [5.41, 5.74) is 0. The van der Waals surface area contributed by atoms with Gasteiger partial charge in [-0.05, 0) is 19.8 Å². The summed E-state index contributed by atoms with van der Waals surface area (Å²) in [6.07, 6.45) is 2.72. The lowest BCUT2D eigenvalue weighted by Crippen LogP contribution is -2.34. The van der Waals surface area contributed by atoms with E-state index in [1.54, 1.807) is 18.4 Å². The highest BCUT2D eigenvalue weighted by atomic mass is 32.1. The summed E-state index contributed by atoms with van der Waals surface area (Å²) in [6.45, 7) is 6.34. The van der Waals surface area contributed by atoms with E-state index in [4.69, 9.17) is 9.47 Å². The van der Waals surface area contributed by atoms with Gasteiger partial charge in [0.15, 0.2) is 0 Å². The van der Waals surface area contributed by atoms with E-state index in [9.17, 15) is 0 Å². The number of hydrogen-bond acceptors (Lipinski definition) is 6. The molecule has 0 aromatic carbocycles. The minimum absolute atomic E-state index is 0.371. The Morgan fingerprint density at radius 1 is 1.50 bits per heavy atom. The summed E-state index contributed by atoms with van der Waals surface area (Å²) in [7, 11) is 1.74. The van der Waals surface area contributed by atoms with E-state index >= 15 is 0 Å². The number of aromatic nitrogens is 2. The van der Waals surface area contributed by atoms with Crippen molar-refractivity contribution in [3.8, 4) is 0 Å². The fraction of sp³-hybridized carbons (Fsp3) is 0.833. The summed E-state index contributed by atoms with van der Waals surface area (Å²) < 4.78 is 10.9. The number of hydrogen-bond donors (Lipinski definition) is 0. The van der Waals surface area contributed by atoms with E-state index in [2.05, 4.69) is 15.1 Å². The Bertz CT molecular complexity index is 353. The van der Waals surface area contributed by atoms with Gasteiger partial charge in [-0.25, -0.2) is 0 Å². The molecule has 5 nitrogen and oxygen atoms in total. The van der Waals surface area contributed by atoms with Crippen molar-refractivity contribution < 1.29 is 9.47 Å². The summed E-state index contributed by atoms with van der Waals surface area (Å²) in [6, 6.07) is 0. The van der Waals surface area contributed by atoms with Crippen LogP contribution in [-0.4, -0.2) is 54.6 Å². The summed E-state index contributed by atoms with van der Waals surface area (Å²) >= 11 is 1.66. The van der Waals surface area contributed by atoms with Crippen molar-refractivity contribution in [2.45, 2.75) is 32.4 Å². The second-order valence-electron chi connectivity index (χ2n) is 4.58. The van der Waals surface area contributed by atoms with Crippen LogP contribution in [0.5, 0.6) is 0 Å². The van der Waals surface area contributed by atoms with Gasteiger partial charge in [0.1, 0.15) is 10.0 Å². The number of methoxy groups -OCH3 is 1. The first-order valence-corrected chi connectivity index (χ1v) is 7.21. The number of ether oxygens (including phenoxy) is 2. The number of aryl methyl sites for hydroxylation is 1. The first kappa shape index (κ1) is 13.9. The molecule has 0 spiro atoms. The molecule has 0 N–H and O–H groups in total. The van der Waals surface area contributed by atoms with Gasteiger partial charge in [0.2, 0.25) is 0 Å². The minimum atomic E-state index is 0.371. The van der Waals surface area contributed by atoms with Crippen molar-refractivity contribution in [2.24, 2.45) is 0 Å². The van der Waals surface area contributed by atoms with Gasteiger partial charge < -0.3 is 9.47 Å². The molecule has 0 amide bonds. The first-order chi connectivity index (χ1) is 8.78. The molecule has 0 unspecified atom stereocenters. The Hall–Kier alpha value is -0.560. The van der Waals surface area contributed by atoms with Gasteiger partial charge in [-0.1, -0.05) is 0 Å². The predicted molar refractivity (Wildman–Crippen MR) is 70.8 cm³/mol. The maximum absolute atomic E-state index is 5.69. The lowest BCUT2D eigenvalue weighted by molar-refractivity contribution is 0.0587. The molecule has 6 heteroatoms. The highest BCUT2D eigenvalue weighted by Crippen LogP contribution is 2.16. The van der Waals surface area contributed by atoms with Crippen LogP contribution in [0.3, 0.4) is 0 Å². The molecule has 1 aromatic rings. The topological polar surface area (TPSA) is 47.5 Å². The van der Waals surface area contributed by atoms with Crippen LogP contribution in [0.4, 0.5) is 0 Å². The van der Waals surface area contributed by atoms with E-state index in [0.717, 1.165) is 42.9 Å². The number of rotatable bonds is 7. The molecule has 1 aliphatic rings. The van der Waals surface area contributed by atoms with Crippen molar-refractivity contribution in [1.29, 1.82) is 0 Å². The van der Waals surface area contributed by atoms with E-state index < -0.39 is 0 Å². The molecule has 2 rings (SSSR count). The van der Waals surface area contributed by atoms with E-state index in [-0.39, 0.29) is 0 Å². The van der Waals surface area contributed by atoms with Crippen molar-refractivity contribution in [1.82, 2.24) is 15.1 Å². The van der Waals surface area contributed by atoms with E-state index in [1.165, 1.54) is 12.8 Å². The molecule has 102 valence electrons.